The fraction of sp³-hybridized carbons (Fsp3) is 0.667. The summed E-state index contributed by atoms with van der Waals surface area (Å²) >= 11 is 1.31. The van der Waals surface area contributed by atoms with Crippen LogP contribution in [0.2, 0.25) is 0 Å². The first kappa shape index (κ1) is 21.7. The van der Waals surface area contributed by atoms with Crippen LogP contribution in [0.1, 0.15) is 76.0 Å². The van der Waals surface area contributed by atoms with Gasteiger partial charge in [0.05, 0.1) is 10.6 Å². The zero-order valence-electron chi connectivity index (χ0n) is 14.9. The maximum absolute atomic E-state index is 11.8. The van der Waals surface area contributed by atoms with Gasteiger partial charge in [-0.15, -0.1) is 11.3 Å². The van der Waals surface area contributed by atoms with Gasteiger partial charge in [-0.2, -0.15) is 13.7 Å². The van der Waals surface area contributed by atoms with E-state index in [1.54, 1.807) is 17.5 Å². The molecule has 0 aliphatic carbocycles. The number of nitriles is 1. The molecule has 0 aliphatic rings. The molecule has 25 heavy (non-hydrogen) atoms. The number of unbranched alkanes of at least 4 members (excludes halogenated alkanes) is 9. The van der Waals surface area contributed by atoms with Gasteiger partial charge in [0.2, 0.25) is 0 Å². The van der Waals surface area contributed by atoms with E-state index in [1.807, 2.05) is 6.07 Å². The van der Waals surface area contributed by atoms with E-state index in [0.29, 0.717) is 11.3 Å². The van der Waals surface area contributed by atoms with Gasteiger partial charge in [-0.05, 0) is 17.9 Å². The molecule has 1 aromatic rings. The Balaban J connectivity index is 2.16. The highest BCUT2D eigenvalue weighted by molar-refractivity contribution is 7.86. The van der Waals surface area contributed by atoms with E-state index >= 15 is 0 Å². The predicted octanol–water partition coefficient (Wildman–Crippen LogP) is 5.24. The minimum absolute atomic E-state index is 0.0124. The highest BCUT2D eigenvalue weighted by atomic mass is 32.2. The van der Waals surface area contributed by atoms with E-state index in [4.69, 9.17) is 5.26 Å². The lowest BCUT2D eigenvalue weighted by molar-refractivity contribution is 0.338. The Hall–Kier alpha value is -1.39. The van der Waals surface area contributed by atoms with Gasteiger partial charge in [-0.1, -0.05) is 75.9 Å². The highest BCUT2D eigenvalue weighted by Crippen LogP contribution is 2.13. The third kappa shape index (κ3) is 10.3. The van der Waals surface area contributed by atoms with Crippen LogP contribution in [0, 0.1) is 11.3 Å². The minimum atomic E-state index is -3.72. The molecule has 7 heteroatoms. The minimum Gasteiger partial charge on any atom is -0.267 e. The Kier molecular flexibility index (Phi) is 11.2. The van der Waals surface area contributed by atoms with Crippen molar-refractivity contribution in [1.82, 2.24) is 0 Å². The summed E-state index contributed by atoms with van der Waals surface area (Å²) in [7, 11) is -3.72. The molecule has 1 aromatic heterocycles. The molecular formula is C18H28N2O3S2. The number of hydrogen-bond acceptors (Lipinski definition) is 6. The van der Waals surface area contributed by atoms with Crippen LogP contribution in [0.4, 0.5) is 0 Å². The zero-order chi connectivity index (χ0) is 18.4. The number of rotatable bonds is 14. The average Bonchev–Trinajstić information content (AvgIpc) is 3.11. The van der Waals surface area contributed by atoms with Crippen LogP contribution in [0.15, 0.2) is 22.7 Å². The van der Waals surface area contributed by atoms with Crippen LogP contribution in [0.3, 0.4) is 0 Å². The van der Waals surface area contributed by atoms with Gasteiger partial charge in [-0.25, -0.2) is 0 Å². The third-order valence-electron chi connectivity index (χ3n) is 3.85. The first-order valence-corrected chi connectivity index (χ1v) is 11.5. The van der Waals surface area contributed by atoms with Gasteiger partial charge in [0, 0.05) is 0 Å². The van der Waals surface area contributed by atoms with Gasteiger partial charge in [-0.3, -0.25) is 4.28 Å². The average molecular weight is 385 g/mol. The van der Waals surface area contributed by atoms with Gasteiger partial charge >= 0.3 is 10.1 Å². The summed E-state index contributed by atoms with van der Waals surface area (Å²) in [5.74, 6) is -0.0594. The van der Waals surface area contributed by atoms with Gasteiger partial charge in [0.1, 0.15) is 6.07 Å². The number of nitrogens with zero attached hydrogens (tertiary/aromatic N) is 2. The summed E-state index contributed by atoms with van der Waals surface area (Å²) in [5.41, 5.74) is -0.0124. The summed E-state index contributed by atoms with van der Waals surface area (Å²) in [6.07, 6.45) is 11.4. The molecule has 0 radical (unpaired) electrons. The number of oxime groups is 1. The molecule has 0 N–H and O–H groups in total. The lowest BCUT2D eigenvalue weighted by Gasteiger charge is -2.03. The second-order valence-electron chi connectivity index (χ2n) is 6.05. The van der Waals surface area contributed by atoms with E-state index in [0.717, 1.165) is 19.3 Å². The quantitative estimate of drug-likeness (QED) is 0.249. The maximum Gasteiger partial charge on any atom is 0.328 e. The zero-order valence-corrected chi connectivity index (χ0v) is 16.6. The molecule has 1 rings (SSSR count). The molecule has 0 unspecified atom stereocenters. The SMILES string of the molecule is CCCCCCCCCCCCS(=O)(=O)ON=C(C#N)c1cccs1. The molecule has 0 fully saturated rings. The van der Waals surface area contributed by atoms with Crippen LogP contribution in [0.25, 0.3) is 0 Å². The largest absolute Gasteiger partial charge is 0.328 e. The van der Waals surface area contributed by atoms with Crippen molar-refractivity contribution in [2.24, 2.45) is 5.16 Å². The smallest absolute Gasteiger partial charge is 0.267 e. The second kappa shape index (κ2) is 12.9. The summed E-state index contributed by atoms with van der Waals surface area (Å²) in [5, 5.41) is 14.3. The van der Waals surface area contributed by atoms with E-state index in [1.165, 1.54) is 49.9 Å². The van der Waals surface area contributed by atoms with Crippen molar-refractivity contribution >= 4 is 27.2 Å². The predicted molar refractivity (Wildman–Crippen MR) is 103 cm³/mol. The van der Waals surface area contributed by atoms with Crippen LogP contribution < -0.4 is 0 Å². The summed E-state index contributed by atoms with van der Waals surface area (Å²) in [6.45, 7) is 2.21. The molecule has 5 nitrogen and oxygen atoms in total. The molecule has 1 heterocycles. The topological polar surface area (TPSA) is 79.5 Å². The summed E-state index contributed by atoms with van der Waals surface area (Å²) in [6, 6.07) is 5.32. The Morgan fingerprint density at radius 1 is 1.12 bits per heavy atom. The molecule has 0 bridgehead atoms. The summed E-state index contributed by atoms with van der Waals surface area (Å²) in [4.78, 5) is 0.594. The highest BCUT2D eigenvalue weighted by Gasteiger charge is 2.13. The molecule has 0 spiro atoms. The fourth-order valence-electron chi connectivity index (χ4n) is 2.43. The van der Waals surface area contributed by atoms with Crippen molar-refractivity contribution in [2.75, 3.05) is 5.75 Å². The van der Waals surface area contributed by atoms with Crippen LogP contribution in [-0.4, -0.2) is 19.9 Å². The molecule has 0 aromatic carbocycles. The number of thiophene rings is 1. The number of hydrogen-bond donors (Lipinski definition) is 0. The Morgan fingerprint density at radius 2 is 1.72 bits per heavy atom. The van der Waals surface area contributed by atoms with Gasteiger partial charge in [0.25, 0.3) is 0 Å². The normalized spacial score (nSPS) is 12.1. The Bertz CT molecular complexity index is 632. The van der Waals surface area contributed by atoms with E-state index < -0.39 is 10.1 Å². The first-order chi connectivity index (χ1) is 12.1. The molecule has 0 saturated carbocycles. The summed E-state index contributed by atoms with van der Waals surface area (Å²) < 4.78 is 28.3. The standard InChI is InChI=1S/C18H28N2O3S2/c1-2-3-4-5-6-7-8-9-10-11-15-25(21,22)23-20-17(16-19)18-13-12-14-24-18/h12-14H,2-11,15H2,1H3. The molecule has 0 saturated heterocycles. The van der Waals surface area contributed by atoms with Crippen LogP contribution in [-0.2, 0) is 14.4 Å². The lowest BCUT2D eigenvalue weighted by Crippen LogP contribution is -2.09. The Labute approximate surface area is 155 Å². The Morgan fingerprint density at radius 3 is 2.24 bits per heavy atom. The van der Waals surface area contributed by atoms with Crippen molar-refractivity contribution < 1.29 is 12.7 Å². The molecule has 0 atom stereocenters. The second-order valence-corrected chi connectivity index (χ2v) is 8.67. The molecule has 0 amide bonds. The van der Waals surface area contributed by atoms with Crippen molar-refractivity contribution in [2.45, 2.75) is 71.1 Å². The van der Waals surface area contributed by atoms with Gasteiger partial charge in [0.15, 0.2) is 5.71 Å². The van der Waals surface area contributed by atoms with E-state index in [2.05, 4.69) is 16.4 Å². The van der Waals surface area contributed by atoms with Gasteiger partial charge < -0.3 is 0 Å². The lowest BCUT2D eigenvalue weighted by atomic mass is 10.1. The van der Waals surface area contributed by atoms with Crippen molar-refractivity contribution in [3.8, 4) is 6.07 Å². The molecular weight excluding hydrogens is 356 g/mol. The van der Waals surface area contributed by atoms with E-state index in [-0.39, 0.29) is 11.5 Å². The third-order valence-corrected chi connectivity index (χ3v) is 5.82. The van der Waals surface area contributed by atoms with Crippen LogP contribution >= 0.6 is 11.3 Å². The van der Waals surface area contributed by atoms with Crippen molar-refractivity contribution in [3.63, 3.8) is 0 Å². The van der Waals surface area contributed by atoms with Crippen molar-refractivity contribution in [3.05, 3.63) is 22.4 Å². The molecule has 140 valence electrons. The first-order valence-electron chi connectivity index (χ1n) is 9.02. The maximum atomic E-state index is 11.8. The van der Waals surface area contributed by atoms with Crippen LogP contribution in [0.5, 0.6) is 0 Å². The molecule has 0 aliphatic heterocycles. The van der Waals surface area contributed by atoms with Crippen molar-refractivity contribution in [1.29, 1.82) is 5.26 Å². The fourth-order valence-corrected chi connectivity index (χ4v) is 3.91. The monoisotopic (exact) mass is 384 g/mol. The van der Waals surface area contributed by atoms with E-state index in [9.17, 15) is 8.42 Å².